The molecule has 0 fully saturated rings. The first-order chi connectivity index (χ1) is 6.27. The molecule has 0 spiro atoms. The minimum atomic E-state index is 0.453. The molecule has 0 aromatic carbocycles. The summed E-state index contributed by atoms with van der Waals surface area (Å²) >= 11 is 7.42. The van der Waals surface area contributed by atoms with Crippen LogP contribution in [0.4, 0.5) is 5.82 Å². The fourth-order valence-electron chi connectivity index (χ4n) is 0.935. The van der Waals surface area contributed by atoms with Gasteiger partial charge in [-0.1, -0.05) is 11.6 Å². The molecule has 0 atom stereocenters. The first kappa shape index (κ1) is 8.47. The van der Waals surface area contributed by atoms with Gasteiger partial charge >= 0.3 is 0 Å². The zero-order valence-electron chi connectivity index (χ0n) is 6.57. The van der Waals surface area contributed by atoms with Crippen molar-refractivity contribution in [3.8, 4) is 10.7 Å². The van der Waals surface area contributed by atoms with Crippen LogP contribution >= 0.6 is 22.9 Å². The molecule has 0 radical (unpaired) electrons. The zero-order chi connectivity index (χ0) is 9.26. The van der Waals surface area contributed by atoms with E-state index in [1.165, 1.54) is 11.3 Å². The number of halogens is 1. The third-order valence-electron chi connectivity index (χ3n) is 1.50. The van der Waals surface area contributed by atoms with Crippen LogP contribution in [0.2, 0.25) is 5.02 Å². The largest absolute Gasteiger partial charge is 0.384 e. The lowest BCUT2D eigenvalue weighted by atomic mass is 10.4. The molecule has 0 bridgehead atoms. The molecule has 0 unspecified atom stereocenters. The van der Waals surface area contributed by atoms with Gasteiger partial charge in [0.1, 0.15) is 5.82 Å². The molecule has 13 heavy (non-hydrogen) atoms. The van der Waals surface area contributed by atoms with Crippen molar-refractivity contribution < 1.29 is 0 Å². The number of anilines is 1. The van der Waals surface area contributed by atoms with Gasteiger partial charge in [0, 0.05) is 6.20 Å². The van der Waals surface area contributed by atoms with Crippen molar-refractivity contribution in [2.75, 3.05) is 5.73 Å². The van der Waals surface area contributed by atoms with E-state index in [0.29, 0.717) is 16.7 Å². The van der Waals surface area contributed by atoms with E-state index in [9.17, 15) is 0 Å². The lowest BCUT2D eigenvalue weighted by molar-refractivity contribution is 1.19. The Bertz CT molecular complexity index is 427. The van der Waals surface area contributed by atoms with Crippen LogP contribution in [-0.4, -0.2) is 9.97 Å². The fourth-order valence-corrected chi connectivity index (χ4v) is 2.02. The van der Waals surface area contributed by atoms with Gasteiger partial charge in [0.2, 0.25) is 0 Å². The van der Waals surface area contributed by atoms with Crippen LogP contribution < -0.4 is 5.73 Å². The number of rotatable bonds is 1. The van der Waals surface area contributed by atoms with Crippen LogP contribution in [0.3, 0.4) is 0 Å². The van der Waals surface area contributed by atoms with E-state index < -0.39 is 0 Å². The van der Waals surface area contributed by atoms with Crippen molar-refractivity contribution in [1.82, 2.24) is 9.97 Å². The van der Waals surface area contributed by atoms with E-state index in [-0.39, 0.29) is 0 Å². The Balaban J connectivity index is 2.53. The van der Waals surface area contributed by atoms with Gasteiger partial charge in [-0.3, -0.25) is 0 Å². The van der Waals surface area contributed by atoms with E-state index >= 15 is 0 Å². The Kier molecular flexibility index (Phi) is 2.16. The van der Waals surface area contributed by atoms with Gasteiger partial charge in [0.05, 0.1) is 9.90 Å². The first-order valence-electron chi connectivity index (χ1n) is 3.59. The highest BCUT2D eigenvalue weighted by molar-refractivity contribution is 7.14. The molecule has 2 aromatic rings. The summed E-state index contributed by atoms with van der Waals surface area (Å²) in [6, 6.07) is 3.46. The lowest BCUT2D eigenvalue weighted by Gasteiger charge is -1.97. The smallest absolute Gasteiger partial charge is 0.173 e. The third-order valence-corrected chi connectivity index (χ3v) is 2.83. The predicted octanol–water partition coefficient (Wildman–Crippen LogP) is 2.44. The average Bonchev–Trinajstić information content (AvgIpc) is 2.51. The second-order valence-corrected chi connectivity index (χ2v) is 3.73. The molecule has 2 rings (SSSR count). The van der Waals surface area contributed by atoms with Crippen LogP contribution in [0.5, 0.6) is 0 Å². The molecule has 2 heterocycles. The molecule has 3 nitrogen and oxygen atoms in total. The second-order valence-electron chi connectivity index (χ2n) is 2.40. The number of hydrogen-bond donors (Lipinski definition) is 1. The van der Waals surface area contributed by atoms with Gasteiger partial charge in [-0.05, 0) is 17.5 Å². The number of nitrogens with two attached hydrogens (primary N) is 1. The molecular formula is C8H6ClN3S. The van der Waals surface area contributed by atoms with Crippen molar-refractivity contribution in [1.29, 1.82) is 0 Å². The Labute approximate surface area is 84.2 Å². The molecule has 2 aromatic heterocycles. The summed E-state index contributed by atoms with van der Waals surface area (Å²) in [6.07, 6.45) is 1.62. The fraction of sp³-hybridized carbons (Fsp3) is 0. The lowest BCUT2D eigenvalue weighted by Crippen LogP contribution is -1.93. The Hall–Kier alpha value is -1.13. The summed E-state index contributed by atoms with van der Waals surface area (Å²) in [5, 5.41) is 2.56. The number of thiophene rings is 1. The molecule has 0 aliphatic rings. The maximum absolute atomic E-state index is 5.92. The topological polar surface area (TPSA) is 51.8 Å². The summed E-state index contributed by atoms with van der Waals surface area (Å²) in [7, 11) is 0. The van der Waals surface area contributed by atoms with Crippen molar-refractivity contribution in [3.63, 3.8) is 0 Å². The monoisotopic (exact) mass is 211 g/mol. The highest BCUT2D eigenvalue weighted by Gasteiger charge is 2.07. The highest BCUT2D eigenvalue weighted by Crippen LogP contribution is 2.30. The van der Waals surface area contributed by atoms with Crippen LogP contribution in [-0.2, 0) is 0 Å². The summed E-state index contributed by atoms with van der Waals surface area (Å²) < 4.78 is 0. The quantitative estimate of drug-likeness (QED) is 0.788. The molecule has 5 heteroatoms. The summed E-state index contributed by atoms with van der Waals surface area (Å²) in [5.74, 6) is 1.04. The molecular weight excluding hydrogens is 206 g/mol. The Morgan fingerprint density at radius 1 is 1.38 bits per heavy atom. The summed E-state index contributed by atoms with van der Waals surface area (Å²) in [6.45, 7) is 0. The van der Waals surface area contributed by atoms with Crippen LogP contribution in [0.1, 0.15) is 0 Å². The minimum absolute atomic E-state index is 0.453. The van der Waals surface area contributed by atoms with Crippen LogP contribution in [0, 0.1) is 0 Å². The molecule has 66 valence electrons. The van der Waals surface area contributed by atoms with Crippen molar-refractivity contribution in [2.24, 2.45) is 0 Å². The van der Waals surface area contributed by atoms with Gasteiger partial charge in [-0.2, -0.15) is 0 Å². The maximum Gasteiger partial charge on any atom is 0.173 e. The highest BCUT2D eigenvalue weighted by atomic mass is 35.5. The summed E-state index contributed by atoms with van der Waals surface area (Å²) in [4.78, 5) is 9.00. The Morgan fingerprint density at radius 2 is 2.23 bits per heavy atom. The van der Waals surface area contributed by atoms with Crippen molar-refractivity contribution in [3.05, 3.63) is 28.7 Å². The standard InChI is InChI=1S/C8H6ClN3S/c9-5-2-4-13-7(5)8-11-3-1-6(10)12-8/h1-4H,(H2,10,11,12). The third kappa shape index (κ3) is 1.64. The number of nitrogen functional groups attached to an aromatic ring is 1. The first-order valence-corrected chi connectivity index (χ1v) is 4.85. The van der Waals surface area contributed by atoms with Crippen LogP contribution in [0.25, 0.3) is 10.7 Å². The maximum atomic E-state index is 5.92. The van der Waals surface area contributed by atoms with Crippen molar-refractivity contribution in [2.45, 2.75) is 0 Å². The van der Waals surface area contributed by atoms with Gasteiger partial charge < -0.3 is 5.73 Å². The normalized spacial score (nSPS) is 10.2. The molecule has 0 saturated carbocycles. The zero-order valence-corrected chi connectivity index (χ0v) is 8.14. The van der Waals surface area contributed by atoms with E-state index in [2.05, 4.69) is 9.97 Å². The van der Waals surface area contributed by atoms with E-state index in [4.69, 9.17) is 17.3 Å². The SMILES string of the molecule is Nc1ccnc(-c2sccc2Cl)n1. The minimum Gasteiger partial charge on any atom is -0.384 e. The number of nitrogens with zero attached hydrogens (tertiary/aromatic N) is 2. The Morgan fingerprint density at radius 3 is 2.85 bits per heavy atom. The van der Waals surface area contributed by atoms with Gasteiger partial charge in [-0.15, -0.1) is 11.3 Å². The predicted molar refractivity (Wildman–Crippen MR) is 54.8 cm³/mol. The molecule has 0 saturated heterocycles. The van der Waals surface area contributed by atoms with Crippen molar-refractivity contribution >= 4 is 28.8 Å². The summed E-state index contributed by atoms with van der Waals surface area (Å²) in [5.41, 5.74) is 5.53. The molecule has 0 aliphatic carbocycles. The van der Waals surface area contributed by atoms with Gasteiger partial charge in [0.15, 0.2) is 5.82 Å². The molecule has 2 N–H and O–H groups in total. The van der Waals surface area contributed by atoms with E-state index in [1.54, 1.807) is 12.3 Å². The molecule has 0 aliphatic heterocycles. The second kappa shape index (κ2) is 3.32. The van der Waals surface area contributed by atoms with Gasteiger partial charge in [-0.25, -0.2) is 9.97 Å². The molecule has 0 amide bonds. The number of aromatic nitrogens is 2. The number of hydrogen-bond acceptors (Lipinski definition) is 4. The van der Waals surface area contributed by atoms with E-state index in [0.717, 1.165) is 4.88 Å². The average molecular weight is 212 g/mol. The van der Waals surface area contributed by atoms with E-state index in [1.807, 2.05) is 11.4 Å². The van der Waals surface area contributed by atoms with Gasteiger partial charge in [0.25, 0.3) is 0 Å². The van der Waals surface area contributed by atoms with Crippen LogP contribution in [0.15, 0.2) is 23.7 Å².